The van der Waals surface area contributed by atoms with E-state index in [1.54, 1.807) is 18.2 Å². The molecule has 0 bridgehead atoms. The fourth-order valence-electron chi connectivity index (χ4n) is 2.94. The minimum atomic E-state index is -3.81. The Kier molecular flexibility index (Phi) is 5.51. The predicted molar refractivity (Wildman–Crippen MR) is 107 cm³/mol. The van der Waals surface area contributed by atoms with Crippen LogP contribution in [0.25, 0.3) is 11.3 Å². The van der Waals surface area contributed by atoms with Gasteiger partial charge in [-0.3, -0.25) is 4.79 Å². The van der Waals surface area contributed by atoms with Crippen LogP contribution in [0, 0.1) is 5.82 Å². The quantitative estimate of drug-likeness (QED) is 0.639. The zero-order chi connectivity index (χ0) is 21.1. The Morgan fingerprint density at radius 2 is 1.73 bits per heavy atom. The number of benzene rings is 2. The Labute approximate surface area is 171 Å². The second-order valence-electron chi connectivity index (χ2n) is 6.49. The van der Waals surface area contributed by atoms with Gasteiger partial charge >= 0.3 is 0 Å². The number of fused-ring (bicyclic) bond motifs is 1. The first-order valence-electron chi connectivity index (χ1n) is 9.16. The van der Waals surface area contributed by atoms with Gasteiger partial charge in [0.2, 0.25) is 10.0 Å². The molecule has 0 atom stereocenters. The van der Waals surface area contributed by atoms with Gasteiger partial charge in [0, 0.05) is 24.2 Å². The van der Waals surface area contributed by atoms with Gasteiger partial charge < -0.3 is 9.47 Å². The minimum Gasteiger partial charge on any atom is -0.486 e. The lowest BCUT2D eigenvalue weighted by atomic mass is 10.1. The molecule has 2 aromatic carbocycles. The Morgan fingerprint density at radius 3 is 2.50 bits per heavy atom. The van der Waals surface area contributed by atoms with Crippen LogP contribution in [-0.2, 0) is 16.6 Å². The number of rotatable bonds is 6. The number of sulfonamides is 1. The molecular weight excluding hydrogens is 413 g/mol. The van der Waals surface area contributed by atoms with Crippen molar-refractivity contribution in [1.82, 2.24) is 14.5 Å². The molecule has 0 aliphatic carbocycles. The highest BCUT2D eigenvalue weighted by atomic mass is 32.2. The third-order valence-electron chi connectivity index (χ3n) is 4.45. The van der Waals surface area contributed by atoms with Crippen molar-refractivity contribution in [2.45, 2.75) is 11.4 Å². The third-order valence-corrected chi connectivity index (χ3v) is 5.90. The van der Waals surface area contributed by atoms with E-state index in [4.69, 9.17) is 9.47 Å². The van der Waals surface area contributed by atoms with Crippen LogP contribution in [-0.4, -0.2) is 38.0 Å². The smallest absolute Gasteiger partial charge is 0.266 e. The topological polar surface area (TPSA) is 99.5 Å². The lowest BCUT2D eigenvalue weighted by Crippen LogP contribution is -2.32. The number of aromatic nitrogens is 2. The molecule has 1 aromatic heterocycles. The average Bonchev–Trinajstić information content (AvgIpc) is 2.75. The van der Waals surface area contributed by atoms with Crippen LogP contribution in [0.3, 0.4) is 0 Å². The Bertz CT molecular complexity index is 1230. The van der Waals surface area contributed by atoms with E-state index in [1.807, 2.05) is 0 Å². The van der Waals surface area contributed by atoms with E-state index in [1.165, 1.54) is 36.4 Å². The monoisotopic (exact) mass is 431 g/mol. The summed E-state index contributed by atoms with van der Waals surface area (Å²) >= 11 is 0. The maximum absolute atomic E-state index is 13.1. The van der Waals surface area contributed by atoms with Crippen molar-refractivity contribution in [2.24, 2.45) is 0 Å². The summed E-state index contributed by atoms with van der Waals surface area (Å²) in [7, 11) is -3.81. The molecule has 0 unspecified atom stereocenters. The maximum atomic E-state index is 13.1. The summed E-state index contributed by atoms with van der Waals surface area (Å²) in [6.07, 6.45) is 0. The highest BCUT2D eigenvalue weighted by Gasteiger charge is 2.19. The molecule has 1 aliphatic rings. The first-order valence-corrected chi connectivity index (χ1v) is 10.6. The Hall–Kier alpha value is -3.24. The minimum absolute atomic E-state index is 0.0254. The van der Waals surface area contributed by atoms with Crippen molar-refractivity contribution < 1.29 is 22.3 Å². The molecule has 0 saturated heterocycles. The number of nitrogens with one attached hydrogen (secondary N) is 1. The summed E-state index contributed by atoms with van der Waals surface area (Å²) in [4.78, 5) is 12.1. The number of ether oxygens (including phenoxy) is 2. The number of nitrogens with zero attached hydrogens (tertiary/aromatic N) is 2. The van der Waals surface area contributed by atoms with Crippen molar-refractivity contribution in [3.05, 3.63) is 70.8 Å². The van der Waals surface area contributed by atoms with Gasteiger partial charge in [0.15, 0.2) is 11.5 Å². The normalized spacial score (nSPS) is 13.2. The van der Waals surface area contributed by atoms with E-state index in [9.17, 15) is 17.6 Å². The zero-order valence-electron chi connectivity index (χ0n) is 15.7. The van der Waals surface area contributed by atoms with Crippen LogP contribution in [0.5, 0.6) is 11.5 Å². The van der Waals surface area contributed by atoms with Crippen molar-refractivity contribution in [3.63, 3.8) is 0 Å². The van der Waals surface area contributed by atoms with Crippen LogP contribution >= 0.6 is 0 Å². The van der Waals surface area contributed by atoms with E-state index in [2.05, 4.69) is 9.82 Å². The Balaban J connectivity index is 1.46. The summed E-state index contributed by atoms with van der Waals surface area (Å²) in [5, 5.41) is 4.23. The van der Waals surface area contributed by atoms with Crippen LogP contribution in [0.1, 0.15) is 0 Å². The second-order valence-corrected chi connectivity index (χ2v) is 8.26. The van der Waals surface area contributed by atoms with Gasteiger partial charge in [-0.2, -0.15) is 5.10 Å². The Morgan fingerprint density at radius 1 is 1.00 bits per heavy atom. The standard InChI is InChI=1S/C20H18FN3O5S/c21-15-3-1-14(2-4-15)17-6-8-20(25)24(23-17)10-9-22-30(26,27)16-5-7-18-19(13-16)29-12-11-28-18/h1-8,13,22H,9-12H2. The van der Waals surface area contributed by atoms with Crippen molar-refractivity contribution >= 4 is 10.0 Å². The predicted octanol–water partition coefficient (Wildman–Crippen LogP) is 1.80. The number of hydrogen-bond acceptors (Lipinski definition) is 6. The van der Waals surface area contributed by atoms with Gasteiger partial charge in [-0.25, -0.2) is 22.2 Å². The van der Waals surface area contributed by atoms with E-state index in [0.29, 0.717) is 36.0 Å². The molecule has 0 radical (unpaired) electrons. The van der Waals surface area contributed by atoms with Gasteiger partial charge in [-0.05, 0) is 42.5 Å². The average molecular weight is 431 g/mol. The molecule has 0 fully saturated rings. The fraction of sp³-hybridized carbons (Fsp3) is 0.200. The molecule has 0 amide bonds. The van der Waals surface area contributed by atoms with Crippen LogP contribution in [0.4, 0.5) is 4.39 Å². The molecule has 1 aliphatic heterocycles. The molecule has 30 heavy (non-hydrogen) atoms. The zero-order valence-corrected chi connectivity index (χ0v) is 16.6. The SMILES string of the molecule is O=c1ccc(-c2ccc(F)cc2)nn1CCNS(=O)(=O)c1ccc2c(c1)OCCO2. The van der Waals surface area contributed by atoms with Crippen molar-refractivity contribution in [1.29, 1.82) is 0 Å². The summed E-state index contributed by atoms with van der Waals surface area (Å²) in [5.41, 5.74) is 0.741. The summed E-state index contributed by atoms with van der Waals surface area (Å²) < 4.78 is 52.6. The first kappa shape index (κ1) is 20.0. The number of hydrogen-bond donors (Lipinski definition) is 1. The van der Waals surface area contributed by atoms with Gasteiger partial charge in [0.25, 0.3) is 5.56 Å². The largest absolute Gasteiger partial charge is 0.486 e. The van der Waals surface area contributed by atoms with E-state index in [-0.39, 0.29) is 29.4 Å². The number of halogens is 1. The molecule has 2 heterocycles. The third kappa shape index (κ3) is 4.34. The first-order chi connectivity index (χ1) is 14.4. The summed E-state index contributed by atoms with van der Waals surface area (Å²) in [6, 6.07) is 12.9. The van der Waals surface area contributed by atoms with E-state index >= 15 is 0 Å². The van der Waals surface area contributed by atoms with Gasteiger partial charge in [-0.1, -0.05) is 0 Å². The molecule has 10 heteroatoms. The van der Waals surface area contributed by atoms with Crippen LogP contribution in [0.2, 0.25) is 0 Å². The second kappa shape index (κ2) is 8.25. The van der Waals surface area contributed by atoms with Crippen LogP contribution < -0.4 is 19.8 Å². The molecule has 1 N–H and O–H groups in total. The van der Waals surface area contributed by atoms with Crippen molar-refractivity contribution in [2.75, 3.05) is 19.8 Å². The molecule has 0 saturated carbocycles. The molecule has 0 spiro atoms. The fourth-order valence-corrected chi connectivity index (χ4v) is 3.98. The van der Waals surface area contributed by atoms with Gasteiger partial charge in [-0.15, -0.1) is 0 Å². The molecular formula is C20H18FN3O5S. The highest BCUT2D eigenvalue weighted by Crippen LogP contribution is 2.32. The lowest BCUT2D eigenvalue weighted by molar-refractivity contribution is 0.171. The van der Waals surface area contributed by atoms with E-state index in [0.717, 1.165) is 4.68 Å². The summed E-state index contributed by atoms with van der Waals surface area (Å²) in [5.74, 6) is 0.489. The highest BCUT2D eigenvalue weighted by molar-refractivity contribution is 7.89. The van der Waals surface area contributed by atoms with Crippen molar-refractivity contribution in [3.8, 4) is 22.8 Å². The molecule has 4 rings (SSSR count). The maximum Gasteiger partial charge on any atom is 0.266 e. The lowest BCUT2D eigenvalue weighted by Gasteiger charge is -2.19. The van der Waals surface area contributed by atoms with E-state index < -0.39 is 10.0 Å². The summed E-state index contributed by atoms with van der Waals surface area (Å²) in [6.45, 7) is 0.743. The molecule has 8 nitrogen and oxygen atoms in total. The molecule has 3 aromatic rings. The van der Waals surface area contributed by atoms with Gasteiger partial charge in [0.05, 0.1) is 17.1 Å². The molecule has 156 valence electrons. The van der Waals surface area contributed by atoms with Crippen LogP contribution in [0.15, 0.2) is 64.3 Å². The van der Waals surface area contributed by atoms with Gasteiger partial charge in [0.1, 0.15) is 19.0 Å².